The first kappa shape index (κ1) is 13.5. The highest BCUT2D eigenvalue weighted by atomic mass is 32.1. The van der Waals surface area contributed by atoms with Crippen LogP contribution in [0.3, 0.4) is 0 Å². The molecule has 98 valence electrons. The van der Waals surface area contributed by atoms with Crippen molar-refractivity contribution in [3.8, 4) is 0 Å². The number of nitrogens with one attached hydrogen (secondary N) is 1. The van der Waals surface area contributed by atoms with Crippen LogP contribution < -0.4 is 5.32 Å². The fourth-order valence-corrected chi connectivity index (χ4v) is 3.25. The molecule has 2 nitrogen and oxygen atoms in total. The first-order valence-corrected chi connectivity index (χ1v) is 7.46. The molecular weight excluding hydrogens is 242 g/mol. The van der Waals surface area contributed by atoms with Gasteiger partial charge in [0, 0.05) is 24.0 Å². The molecule has 0 spiro atoms. The second-order valence-corrected chi connectivity index (χ2v) is 5.28. The van der Waals surface area contributed by atoms with Crippen molar-refractivity contribution in [2.45, 2.75) is 25.8 Å². The standard InChI is InChI=1S/C15H21NOS/c1-3-17-10-5-8-14(16-2)13-7-4-6-12-9-11-18-15(12)13/h4,6-7,9,11,14,16H,3,5,8,10H2,1-2H3. The van der Waals surface area contributed by atoms with E-state index in [0.29, 0.717) is 6.04 Å². The van der Waals surface area contributed by atoms with Gasteiger partial charge in [0.25, 0.3) is 0 Å². The van der Waals surface area contributed by atoms with E-state index < -0.39 is 0 Å². The van der Waals surface area contributed by atoms with Crippen LogP contribution in [0.1, 0.15) is 31.4 Å². The molecule has 0 aliphatic heterocycles. The molecule has 2 rings (SSSR count). The van der Waals surface area contributed by atoms with E-state index in [1.54, 1.807) is 0 Å². The molecule has 3 heteroatoms. The van der Waals surface area contributed by atoms with Gasteiger partial charge in [-0.05, 0) is 49.2 Å². The third-order valence-corrected chi connectivity index (χ3v) is 4.20. The van der Waals surface area contributed by atoms with Crippen LogP contribution in [0.2, 0.25) is 0 Å². The number of thiophene rings is 1. The fraction of sp³-hybridized carbons (Fsp3) is 0.467. The van der Waals surface area contributed by atoms with Gasteiger partial charge in [0.2, 0.25) is 0 Å². The van der Waals surface area contributed by atoms with Gasteiger partial charge in [-0.3, -0.25) is 0 Å². The van der Waals surface area contributed by atoms with Gasteiger partial charge in [0.15, 0.2) is 0 Å². The van der Waals surface area contributed by atoms with Crippen LogP contribution in [0.15, 0.2) is 29.6 Å². The summed E-state index contributed by atoms with van der Waals surface area (Å²) in [5, 5.41) is 6.95. The lowest BCUT2D eigenvalue weighted by molar-refractivity contribution is 0.141. The number of hydrogen-bond donors (Lipinski definition) is 1. The number of hydrogen-bond acceptors (Lipinski definition) is 3. The Hall–Kier alpha value is -0.900. The third kappa shape index (κ3) is 3.10. The minimum Gasteiger partial charge on any atom is -0.382 e. The van der Waals surface area contributed by atoms with Crippen molar-refractivity contribution in [1.82, 2.24) is 5.32 Å². The average molecular weight is 263 g/mol. The topological polar surface area (TPSA) is 21.3 Å². The molecule has 1 aromatic heterocycles. The second-order valence-electron chi connectivity index (χ2n) is 4.37. The van der Waals surface area contributed by atoms with Crippen molar-refractivity contribution in [2.24, 2.45) is 0 Å². The van der Waals surface area contributed by atoms with Gasteiger partial charge in [-0.1, -0.05) is 18.2 Å². The molecule has 0 saturated carbocycles. The summed E-state index contributed by atoms with van der Waals surface area (Å²) >= 11 is 1.83. The van der Waals surface area contributed by atoms with Crippen LogP contribution in [0, 0.1) is 0 Å². The van der Waals surface area contributed by atoms with Crippen LogP contribution in [-0.4, -0.2) is 20.3 Å². The van der Waals surface area contributed by atoms with Gasteiger partial charge in [-0.15, -0.1) is 11.3 Å². The normalized spacial score (nSPS) is 13.0. The van der Waals surface area contributed by atoms with Gasteiger partial charge in [-0.25, -0.2) is 0 Å². The van der Waals surface area contributed by atoms with Crippen molar-refractivity contribution in [1.29, 1.82) is 0 Å². The van der Waals surface area contributed by atoms with E-state index in [4.69, 9.17) is 4.74 Å². The molecule has 0 aliphatic rings. The number of fused-ring (bicyclic) bond motifs is 1. The Labute approximate surface area is 113 Å². The quantitative estimate of drug-likeness (QED) is 0.763. The molecule has 0 aliphatic carbocycles. The molecule has 2 aromatic rings. The first-order valence-electron chi connectivity index (χ1n) is 6.58. The van der Waals surface area contributed by atoms with Gasteiger partial charge in [0.1, 0.15) is 0 Å². The maximum atomic E-state index is 5.41. The molecule has 0 bridgehead atoms. The molecule has 1 atom stereocenters. The van der Waals surface area contributed by atoms with Gasteiger partial charge in [-0.2, -0.15) is 0 Å². The molecule has 1 aromatic carbocycles. The number of benzene rings is 1. The molecule has 0 amide bonds. The average Bonchev–Trinajstić information content (AvgIpc) is 2.87. The summed E-state index contributed by atoms with van der Waals surface area (Å²) in [6.45, 7) is 3.71. The minimum absolute atomic E-state index is 0.424. The molecule has 1 heterocycles. The highest BCUT2D eigenvalue weighted by Gasteiger charge is 2.12. The van der Waals surface area contributed by atoms with E-state index in [2.05, 4.69) is 35.0 Å². The molecule has 0 radical (unpaired) electrons. The lowest BCUT2D eigenvalue weighted by atomic mass is 10.0. The van der Waals surface area contributed by atoms with E-state index in [1.807, 2.05) is 25.3 Å². The summed E-state index contributed by atoms with van der Waals surface area (Å²) in [5.41, 5.74) is 1.42. The molecule has 0 saturated heterocycles. The molecule has 18 heavy (non-hydrogen) atoms. The Morgan fingerprint density at radius 3 is 3.00 bits per heavy atom. The van der Waals surface area contributed by atoms with Gasteiger partial charge >= 0.3 is 0 Å². The fourth-order valence-electron chi connectivity index (χ4n) is 2.28. The van der Waals surface area contributed by atoms with Crippen LogP contribution in [0.5, 0.6) is 0 Å². The van der Waals surface area contributed by atoms with Crippen molar-refractivity contribution >= 4 is 21.4 Å². The van der Waals surface area contributed by atoms with Gasteiger partial charge in [0.05, 0.1) is 0 Å². The third-order valence-electron chi connectivity index (χ3n) is 3.22. The Morgan fingerprint density at radius 1 is 1.33 bits per heavy atom. The second kappa shape index (κ2) is 6.88. The Balaban J connectivity index is 2.09. The van der Waals surface area contributed by atoms with Gasteiger partial charge < -0.3 is 10.1 Å². The zero-order valence-electron chi connectivity index (χ0n) is 11.1. The largest absolute Gasteiger partial charge is 0.382 e. The van der Waals surface area contributed by atoms with Crippen LogP contribution >= 0.6 is 11.3 Å². The van der Waals surface area contributed by atoms with Crippen molar-refractivity contribution in [3.63, 3.8) is 0 Å². The minimum atomic E-state index is 0.424. The van der Waals surface area contributed by atoms with E-state index in [-0.39, 0.29) is 0 Å². The number of rotatable bonds is 7. The van der Waals surface area contributed by atoms with Crippen molar-refractivity contribution in [2.75, 3.05) is 20.3 Å². The van der Waals surface area contributed by atoms with Crippen molar-refractivity contribution < 1.29 is 4.74 Å². The highest BCUT2D eigenvalue weighted by Crippen LogP contribution is 2.30. The zero-order valence-corrected chi connectivity index (χ0v) is 11.9. The number of ether oxygens (including phenoxy) is 1. The summed E-state index contributed by atoms with van der Waals surface area (Å²) < 4.78 is 6.82. The molecule has 0 fully saturated rings. The monoisotopic (exact) mass is 263 g/mol. The van der Waals surface area contributed by atoms with Crippen LogP contribution in [-0.2, 0) is 4.74 Å². The predicted molar refractivity (Wildman–Crippen MR) is 79.4 cm³/mol. The Morgan fingerprint density at radius 2 is 2.22 bits per heavy atom. The molecule has 1 N–H and O–H groups in total. The SMILES string of the molecule is CCOCCCC(NC)c1cccc2ccsc12. The smallest absolute Gasteiger partial charge is 0.0466 e. The molecular formula is C15H21NOS. The van der Waals surface area contributed by atoms with E-state index >= 15 is 0 Å². The highest BCUT2D eigenvalue weighted by molar-refractivity contribution is 7.17. The summed E-state index contributed by atoms with van der Waals surface area (Å²) in [7, 11) is 2.04. The van der Waals surface area contributed by atoms with Crippen LogP contribution in [0.4, 0.5) is 0 Å². The summed E-state index contributed by atoms with van der Waals surface area (Å²) in [6, 6.07) is 9.18. The summed E-state index contributed by atoms with van der Waals surface area (Å²) in [4.78, 5) is 0. The predicted octanol–water partition coefficient (Wildman–Crippen LogP) is 3.98. The lowest BCUT2D eigenvalue weighted by Gasteiger charge is -2.17. The Kier molecular flexibility index (Phi) is 5.17. The van der Waals surface area contributed by atoms with E-state index in [0.717, 1.165) is 26.1 Å². The lowest BCUT2D eigenvalue weighted by Crippen LogP contribution is -2.17. The molecule has 1 unspecified atom stereocenters. The van der Waals surface area contributed by atoms with E-state index in [1.165, 1.54) is 15.6 Å². The van der Waals surface area contributed by atoms with E-state index in [9.17, 15) is 0 Å². The zero-order chi connectivity index (χ0) is 12.8. The first-order chi connectivity index (χ1) is 8.86. The maximum Gasteiger partial charge on any atom is 0.0466 e. The Bertz CT molecular complexity index is 480. The summed E-state index contributed by atoms with van der Waals surface area (Å²) in [6.07, 6.45) is 2.22. The summed E-state index contributed by atoms with van der Waals surface area (Å²) in [5.74, 6) is 0. The van der Waals surface area contributed by atoms with Crippen molar-refractivity contribution in [3.05, 3.63) is 35.2 Å². The maximum absolute atomic E-state index is 5.41. The van der Waals surface area contributed by atoms with Crippen LogP contribution in [0.25, 0.3) is 10.1 Å².